The van der Waals surface area contributed by atoms with E-state index >= 15 is 0 Å². The van der Waals surface area contributed by atoms with Gasteiger partial charge in [0.25, 0.3) is 0 Å². The number of carboxylic acids is 4. The molecular weight excluding hydrogens is 807 g/mol. The third kappa shape index (κ3) is 15.2. The van der Waals surface area contributed by atoms with Crippen LogP contribution in [0.4, 0.5) is 0 Å². The van der Waals surface area contributed by atoms with Crippen molar-refractivity contribution in [3.8, 4) is 56.9 Å². The second kappa shape index (κ2) is 24.8. The molecular formula is C45H53N3O14. The number of nitrogens with zero attached hydrogens (tertiary/aromatic N) is 3. The zero-order valence-corrected chi connectivity index (χ0v) is 35.7. The lowest BCUT2D eigenvalue weighted by Crippen LogP contribution is -2.42. The second-order valence-corrected chi connectivity index (χ2v) is 13.5. The fraction of sp³-hybridized carbons (Fsp3) is 0.311. The maximum Gasteiger partial charge on any atom is 0.328 e. The van der Waals surface area contributed by atoms with Crippen LogP contribution < -0.4 is 28.4 Å². The summed E-state index contributed by atoms with van der Waals surface area (Å²) in [6.45, 7) is 3.85. The molecule has 17 heteroatoms. The molecule has 0 atom stereocenters. The van der Waals surface area contributed by atoms with E-state index in [1.165, 1.54) is 11.1 Å². The van der Waals surface area contributed by atoms with Gasteiger partial charge in [0.2, 0.25) is 11.5 Å². The number of piperidine rings is 1. The zero-order chi connectivity index (χ0) is 45.8. The van der Waals surface area contributed by atoms with Crippen LogP contribution in [0.5, 0.6) is 34.5 Å². The van der Waals surface area contributed by atoms with E-state index in [-0.39, 0.29) is 0 Å². The molecule has 0 spiro atoms. The van der Waals surface area contributed by atoms with Gasteiger partial charge in [0, 0.05) is 55.2 Å². The molecule has 1 aliphatic heterocycles. The molecule has 3 aromatic carbocycles. The first-order chi connectivity index (χ1) is 29.7. The van der Waals surface area contributed by atoms with Crippen molar-refractivity contribution in [2.24, 2.45) is 0 Å². The Morgan fingerprint density at radius 1 is 0.613 bits per heavy atom. The third-order valence-electron chi connectivity index (χ3n) is 9.47. The largest absolute Gasteiger partial charge is 0.493 e. The summed E-state index contributed by atoms with van der Waals surface area (Å²) in [5.74, 6) is -1.33. The normalized spacial score (nSPS) is 12.7. The zero-order valence-electron chi connectivity index (χ0n) is 35.7. The Labute approximate surface area is 360 Å². The van der Waals surface area contributed by atoms with Crippen molar-refractivity contribution in [2.75, 3.05) is 62.8 Å². The van der Waals surface area contributed by atoms with Crippen LogP contribution in [0.2, 0.25) is 0 Å². The van der Waals surface area contributed by atoms with Crippen molar-refractivity contribution in [1.82, 2.24) is 14.8 Å². The molecule has 62 heavy (non-hydrogen) atoms. The summed E-state index contributed by atoms with van der Waals surface area (Å²) in [6, 6.07) is 21.3. The van der Waals surface area contributed by atoms with Gasteiger partial charge in [-0.05, 0) is 97.7 Å². The average molecular weight is 860 g/mol. The lowest BCUT2D eigenvalue weighted by Gasteiger charge is -2.37. The minimum atomic E-state index is -1.26. The monoisotopic (exact) mass is 859 g/mol. The molecule has 17 nitrogen and oxygen atoms in total. The van der Waals surface area contributed by atoms with Crippen LogP contribution in [0.25, 0.3) is 22.4 Å². The van der Waals surface area contributed by atoms with Gasteiger partial charge in [0.05, 0.1) is 48.4 Å². The Hall–Kier alpha value is -7.11. The predicted octanol–water partition coefficient (Wildman–Crippen LogP) is 5.99. The molecule has 1 saturated heterocycles. The number of methoxy groups -OCH3 is 6. The number of pyridine rings is 1. The Morgan fingerprint density at radius 3 is 1.48 bits per heavy atom. The number of hydrogen-bond acceptors (Lipinski definition) is 13. The highest BCUT2D eigenvalue weighted by molar-refractivity contribution is 5.90. The number of benzene rings is 3. The summed E-state index contributed by atoms with van der Waals surface area (Å²) in [7, 11) is 12.0. The first-order valence-corrected chi connectivity index (χ1v) is 19.0. The molecule has 0 saturated carbocycles. The predicted molar refractivity (Wildman–Crippen MR) is 229 cm³/mol. The molecule has 0 aliphatic carbocycles. The molecule has 0 unspecified atom stereocenters. The summed E-state index contributed by atoms with van der Waals surface area (Å²) < 4.78 is 33.3. The average Bonchev–Trinajstić information content (AvgIpc) is 3.27. The van der Waals surface area contributed by atoms with Gasteiger partial charge in [-0.3, -0.25) is 14.8 Å². The van der Waals surface area contributed by atoms with Crippen LogP contribution >= 0.6 is 0 Å². The number of aliphatic carboxylic acids is 4. The Morgan fingerprint density at radius 2 is 1.06 bits per heavy atom. The second-order valence-electron chi connectivity index (χ2n) is 13.5. The van der Waals surface area contributed by atoms with E-state index in [0.717, 1.165) is 61.4 Å². The number of ether oxygens (including phenoxy) is 6. The minimum absolute atomic E-state index is 0.522. The molecule has 4 aromatic rings. The molecule has 4 N–H and O–H groups in total. The first-order valence-electron chi connectivity index (χ1n) is 19.0. The lowest BCUT2D eigenvalue weighted by molar-refractivity contribution is -0.134. The SMILES string of the molecule is COc1cc(-c2cccc(CN(C)C3CCN(Cc4ccnc(-c5cc(OC)c(OC)c(OC)c5)c4)CC3)c2)cc(OC)c1OC.O=C(O)/C=C/C(=O)O.O=C(O)/C=C/C(=O)O. The summed E-state index contributed by atoms with van der Waals surface area (Å²) in [6.07, 6.45) is 6.34. The number of rotatable bonds is 17. The van der Waals surface area contributed by atoms with Gasteiger partial charge in [0.15, 0.2) is 23.0 Å². The maximum atomic E-state index is 9.55. The summed E-state index contributed by atoms with van der Waals surface area (Å²) >= 11 is 0. The van der Waals surface area contributed by atoms with E-state index in [9.17, 15) is 19.2 Å². The summed E-state index contributed by atoms with van der Waals surface area (Å²) in [5, 5.41) is 31.2. The number of carboxylic acid groups (broad SMARTS) is 4. The molecule has 0 bridgehead atoms. The Balaban J connectivity index is 0.000000541. The van der Waals surface area contributed by atoms with Crippen molar-refractivity contribution in [1.29, 1.82) is 0 Å². The minimum Gasteiger partial charge on any atom is -0.493 e. The fourth-order valence-electron chi connectivity index (χ4n) is 6.54. The Bertz CT molecular complexity index is 2080. The van der Waals surface area contributed by atoms with Crippen LogP contribution in [0.15, 0.2) is 91.2 Å². The highest BCUT2D eigenvalue weighted by atomic mass is 16.5. The first kappa shape index (κ1) is 49.3. The summed E-state index contributed by atoms with van der Waals surface area (Å²) in [4.78, 5) is 47.9. The van der Waals surface area contributed by atoms with Crippen molar-refractivity contribution >= 4 is 23.9 Å². The smallest absolute Gasteiger partial charge is 0.328 e. The quantitative estimate of drug-likeness (QED) is 0.0895. The van der Waals surface area contributed by atoms with Gasteiger partial charge >= 0.3 is 23.9 Å². The molecule has 1 fully saturated rings. The molecule has 1 aromatic heterocycles. The molecule has 0 amide bonds. The van der Waals surface area contributed by atoms with E-state index in [2.05, 4.69) is 58.2 Å². The molecule has 1 aliphatic rings. The molecule has 0 radical (unpaired) electrons. The van der Waals surface area contributed by atoms with Gasteiger partial charge in [0.1, 0.15) is 0 Å². The van der Waals surface area contributed by atoms with Crippen LogP contribution in [-0.4, -0.2) is 128 Å². The van der Waals surface area contributed by atoms with E-state index in [1.54, 1.807) is 42.7 Å². The van der Waals surface area contributed by atoms with E-state index < -0.39 is 23.9 Å². The number of likely N-dealkylation sites (tertiary alicyclic amines) is 1. The number of aromatic nitrogens is 1. The highest BCUT2D eigenvalue weighted by Gasteiger charge is 2.23. The van der Waals surface area contributed by atoms with Crippen molar-refractivity contribution in [3.05, 3.63) is 102 Å². The number of carbonyl (C=O) groups is 4. The molecule has 332 valence electrons. The van der Waals surface area contributed by atoms with Crippen LogP contribution in [0, 0.1) is 0 Å². The van der Waals surface area contributed by atoms with E-state index in [0.29, 0.717) is 64.8 Å². The van der Waals surface area contributed by atoms with Gasteiger partial charge in [-0.2, -0.15) is 0 Å². The van der Waals surface area contributed by atoms with Crippen LogP contribution in [0.1, 0.15) is 24.0 Å². The topological polar surface area (TPSA) is 224 Å². The van der Waals surface area contributed by atoms with Crippen molar-refractivity contribution < 1.29 is 68.0 Å². The van der Waals surface area contributed by atoms with Crippen molar-refractivity contribution in [2.45, 2.75) is 32.0 Å². The fourth-order valence-corrected chi connectivity index (χ4v) is 6.54. The maximum absolute atomic E-state index is 9.55. The van der Waals surface area contributed by atoms with Gasteiger partial charge in [-0.25, -0.2) is 19.2 Å². The Kier molecular flexibility index (Phi) is 19.7. The highest BCUT2D eigenvalue weighted by Crippen LogP contribution is 2.42. The van der Waals surface area contributed by atoms with Gasteiger partial charge in [-0.15, -0.1) is 0 Å². The van der Waals surface area contributed by atoms with E-state index in [4.69, 9.17) is 48.8 Å². The standard InChI is InChI=1S/C37H45N3O6.2C4H4O4/c1-39(23-25-9-8-10-27(17-25)28-19-32(41-2)36(45-6)33(20-28)42-3)30-12-15-40(16-13-30)24-26-11-14-38-31(18-26)29-21-34(43-4)37(46-7)35(22-29)44-5;2*5-3(6)1-2-4(7)8/h8-11,14,17-22,30H,12-13,15-16,23-24H2,1-7H3;2*1-2H,(H,5,6)(H,7,8)/b;2*2-1+. The third-order valence-corrected chi connectivity index (χ3v) is 9.47. The van der Waals surface area contributed by atoms with E-state index in [1.807, 2.05) is 30.5 Å². The van der Waals surface area contributed by atoms with Crippen LogP contribution in [0.3, 0.4) is 0 Å². The molecule has 2 heterocycles. The molecule has 5 rings (SSSR count). The number of hydrogen-bond donors (Lipinski definition) is 4. The van der Waals surface area contributed by atoms with Gasteiger partial charge in [-0.1, -0.05) is 18.2 Å². The lowest BCUT2D eigenvalue weighted by atomic mass is 10.00. The summed E-state index contributed by atoms with van der Waals surface area (Å²) in [5.41, 5.74) is 6.44. The van der Waals surface area contributed by atoms with Gasteiger partial charge < -0.3 is 48.8 Å². The van der Waals surface area contributed by atoms with Crippen molar-refractivity contribution in [3.63, 3.8) is 0 Å². The van der Waals surface area contributed by atoms with Crippen LogP contribution in [-0.2, 0) is 32.3 Å².